The van der Waals surface area contributed by atoms with E-state index in [0.29, 0.717) is 21.8 Å². The van der Waals surface area contributed by atoms with Gasteiger partial charge in [0.1, 0.15) is 5.56 Å². The molecule has 2 aromatic carbocycles. The summed E-state index contributed by atoms with van der Waals surface area (Å²) in [6.07, 6.45) is -0.249. The number of carboxylic acids is 1. The number of hydrogen-bond acceptors (Lipinski definition) is 6. The van der Waals surface area contributed by atoms with Gasteiger partial charge in [0.15, 0.2) is 5.82 Å². The Morgan fingerprint density at radius 3 is 2.32 bits per heavy atom. The maximum Gasteiger partial charge on any atom is 0.323 e. The van der Waals surface area contributed by atoms with Crippen molar-refractivity contribution >= 4 is 52.7 Å². The van der Waals surface area contributed by atoms with Crippen molar-refractivity contribution in [2.75, 3.05) is 22.5 Å². The minimum absolute atomic E-state index is 0.0239. The maximum atomic E-state index is 12.2. The number of amides is 5. The van der Waals surface area contributed by atoms with Crippen LogP contribution in [0, 0.1) is 6.92 Å². The first-order valence-corrected chi connectivity index (χ1v) is 10.8. The number of para-hydroxylation sites is 1. The molecule has 0 unspecified atom stereocenters. The molecule has 0 spiro atoms. The minimum Gasteiger partial charge on any atom is -0.481 e. The van der Waals surface area contributed by atoms with Crippen molar-refractivity contribution in [3.63, 3.8) is 0 Å². The number of carboxylic acid groups (broad SMARTS) is 1. The van der Waals surface area contributed by atoms with E-state index in [1.54, 1.807) is 37.3 Å². The average molecular weight is 483 g/mol. The molecule has 176 valence electrons. The Kier molecular flexibility index (Phi) is 7.77. The Labute approximate surface area is 198 Å². The molecule has 12 heteroatoms. The largest absolute Gasteiger partial charge is 0.481 e. The molecule has 0 atom stereocenters. The summed E-state index contributed by atoms with van der Waals surface area (Å²) in [5.41, 5.74) is 8.15. The van der Waals surface area contributed by atoms with Crippen molar-refractivity contribution in [3.05, 3.63) is 59.7 Å². The number of nitrogens with two attached hydrogens (primary N) is 1. The number of carbonyl (C=O) groups excluding carboxylic acids is 3. The number of primary amides is 1. The number of anilines is 3. The van der Waals surface area contributed by atoms with Crippen LogP contribution in [-0.4, -0.2) is 40.0 Å². The quantitative estimate of drug-likeness (QED) is 0.286. The molecule has 0 radical (unpaired) electrons. The van der Waals surface area contributed by atoms with E-state index in [1.165, 1.54) is 0 Å². The van der Waals surface area contributed by atoms with Gasteiger partial charge in [0, 0.05) is 17.9 Å². The summed E-state index contributed by atoms with van der Waals surface area (Å²) < 4.78 is 4.13. The second-order valence-electron chi connectivity index (χ2n) is 7.10. The van der Waals surface area contributed by atoms with E-state index < -0.39 is 23.9 Å². The number of urea groups is 2. The molecule has 1 aromatic heterocycles. The summed E-state index contributed by atoms with van der Waals surface area (Å²) in [4.78, 5) is 47.4. The molecular formula is C22H22N6O5S. The van der Waals surface area contributed by atoms with E-state index >= 15 is 0 Å². The zero-order valence-electron chi connectivity index (χ0n) is 18.0. The van der Waals surface area contributed by atoms with Gasteiger partial charge in [0.25, 0.3) is 5.91 Å². The van der Waals surface area contributed by atoms with Crippen molar-refractivity contribution in [2.45, 2.75) is 13.3 Å². The van der Waals surface area contributed by atoms with Crippen molar-refractivity contribution in [1.29, 1.82) is 0 Å². The summed E-state index contributed by atoms with van der Waals surface area (Å²) in [6.45, 7) is 1.71. The highest BCUT2D eigenvalue weighted by Gasteiger charge is 2.22. The Balaban J connectivity index is 1.75. The standard InChI is InChI=1S/C22H22N6O5S/c1-12-11-14(26-22(33)25-13-5-3-2-4-6-13)7-8-15(12)18-17(19(23)31)20(28-34-18)27-21(32)24-10-9-16(29)30/h2-8,11H,9-10H2,1H3,(H2,23,31)(H,29,30)(H2,25,26,33)(H2,24,27,28,32). The molecule has 34 heavy (non-hydrogen) atoms. The lowest BCUT2D eigenvalue weighted by atomic mass is 10.0. The molecule has 11 nitrogen and oxygen atoms in total. The van der Waals surface area contributed by atoms with Gasteiger partial charge in [-0.05, 0) is 53.8 Å². The Morgan fingerprint density at radius 2 is 1.68 bits per heavy atom. The van der Waals surface area contributed by atoms with Gasteiger partial charge in [0.05, 0.1) is 11.3 Å². The first-order valence-electron chi connectivity index (χ1n) is 10.0. The van der Waals surface area contributed by atoms with Crippen molar-refractivity contribution in [2.24, 2.45) is 5.73 Å². The number of aromatic nitrogens is 1. The maximum absolute atomic E-state index is 12.2. The first kappa shape index (κ1) is 24.2. The summed E-state index contributed by atoms with van der Waals surface area (Å²) in [7, 11) is 0. The fourth-order valence-electron chi connectivity index (χ4n) is 3.03. The highest BCUT2D eigenvalue weighted by atomic mass is 32.1. The van der Waals surface area contributed by atoms with Crippen LogP contribution in [0.5, 0.6) is 0 Å². The van der Waals surface area contributed by atoms with Gasteiger partial charge in [-0.25, -0.2) is 9.59 Å². The topological polar surface area (TPSA) is 176 Å². The van der Waals surface area contributed by atoms with Gasteiger partial charge in [-0.1, -0.05) is 24.3 Å². The molecule has 5 amide bonds. The smallest absolute Gasteiger partial charge is 0.323 e. The van der Waals surface area contributed by atoms with Crippen LogP contribution in [-0.2, 0) is 4.79 Å². The Morgan fingerprint density at radius 1 is 0.971 bits per heavy atom. The van der Waals surface area contributed by atoms with Crippen molar-refractivity contribution in [3.8, 4) is 10.4 Å². The fraction of sp³-hybridized carbons (Fsp3) is 0.136. The molecule has 0 saturated carbocycles. The first-order chi connectivity index (χ1) is 16.2. The number of nitrogens with one attached hydrogen (secondary N) is 4. The lowest BCUT2D eigenvalue weighted by Gasteiger charge is -2.11. The predicted octanol–water partition coefficient (Wildman–Crippen LogP) is 3.46. The zero-order chi connectivity index (χ0) is 24.7. The Bertz CT molecular complexity index is 1230. The predicted molar refractivity (Wildman–Crippen MR) is 129 cm³/mol. The fourth-order valence-corrected chi connectivity index (χ4v) is 3.97. The van der Waals surface area contributed by atoms with E-state index in [-0.39, 0.29) is 24.3 Å². The molecule has 1 heterocycles. The molecule has 7 N–H and O–H groups in total. The van der Waals surface area contributed by atoms with E-state index in [1.807, 2.05) is 18.2 Å². The molecule has 0 fully saturated rings. The van der Waals surface area contributed by atoms with Crippen molar-refractivity contribution < 1.29 is 24.3 Å². The summed E-state index contributed by atoms with van der Waals surface area (Å²) in [5, 5.41) is 18.9. The van der Waals surface area contributed by atoms with Gasteiger partial charge in [-0.3, -0.25) is 14.9 Å². The van der Waals surface area contributed by atoms with Crippen LogP contribution < -0.4 is 27.0 Å². The third-order valence-electron chi connectivity index (χ3n) is 4.56. The number of aryl methyl sites for hydroxylation is 1. The molecule has 0 saturated heterocycles. The number of aliphatic carboxylic acids is 1. The normalized spacial score (nSPS) is 10.3. The molecule has 0 aliphatic heterocycles. The molecular weight excluding hydrogens is 460 g/mol. The summed E-state index contributed by atoms with van der Waals surface area (Å²) in [6, 6.07) is 13.0. The summed E-state index contributed by atoms with van der Waals surface area (Å²) >= 11 is 0.977. The third kappa shape index (κ3) is 6.29. The monoisotopic (exact) mass is 482 g/mol. The molecule has 3 rings (SSSR count). The number of carbonyl (C=O) groups is 4. The third-order valence-corrected chi connectivity index (χ3v) is 5.44. The van der Waals surface area contributed by atoms with Gasteiger partial charge >= 0.3 is 18.0 Å². The van der Waals surface area contributed by atoms with Crippen LogP contribution in [0.2, 0.25) is 0 Å². The van der Waals surface area contributed by atoms with E-state index in [2.05, 4.69) is 25.6 Å². The lowest BCUT2D eigenvalue weighted by molar-refractivity contribution is -0.136. The van der Waals surface area contributed by atoms with E-state index in [0.717, 1.165) is 17.1 Å². The number of nitrogens with zero attached hydrogens (tertiary/aromatic N) is 1. The van der Waals surface area contributed by atoms with Gasteiger partial charge in [0.2, 0.25) is 0 Å². The van der Waals surface area contributed by atoms with Crippen LogP contribution in [0.25, 0.3) is 10.4 Å². The second-order valence-corrected chi connectivity index (χ2v) is 7.87. The van der Waals surface area contributed by atoms with Crippen molar-refractivity contribution in [1.82, 2.24) is 9.69 Å². The van der Waals surface area contributed by atoms with Crippen LogP contribution in [0.3, 0.4) is 0 Å². The molecule has 0 bridgehead atoms. The minimum atomic E-state index is -1.06. The average Bonchev–Trinajstić information content (AvgIpc) is 3.17. The molecule has 3 aromatic rings. The van der Waals surface area contributed by atoms with Crippen LogP contribution in [0.15, 0.2) is 48.5 Å². The molecule has 0 aliphatic carbocycles. The Hall–Kier alpha value is -4.45. The summed E-state index contributed by atoms with van der Waals surface area (Å²) in [5.74, 6) is -1.86. The van der Waals surface area contributed by atoms with Gasteiger partial charge < -0.3 is 26.8 Å². The second kappa shape index (κ2) is 10.9. The lowest BCUT2D eigenvalue weighted by Crippen LogP contribution is -2.31. The highest BCUT2D eigenvalue weighted by molar-refractivity contribution is 7.10. The number of benzene rings is 2. The number of hydrogen-bond donors (Lipinski definition) is 6. The SMILES string of the molecule is Cc1cc(NC(=O)Nc2ccccc2)ccc1-c1snc(NC(=O)NCCC(=O)O)c1C(N)=O. The van der Waals surface area contributed by atoms with Crippen LogP contribution >= 0.6 is 11.5 Å². The van der Waals surface area contributed by atoms with Gasteiger partial charge in [-0.2, -0.15) is 4.37 Å². The van der Waals surface area contributed by atoms with E-state index in [9.17, 15) is 19.2 Å². The van der Waals surface area contributed by atoms with Gasteiger partial charge in [-0.15, -0.1) is 0 Å². The van der Waals surface area contributed by atoms with Crippen LogP contribution in [0.1, 0.15) is 22.3 Å². The highest BCUT2D eigenvalue weighted by Crippen LogP contribution is 2.36. The van der Waals surface area contributed by atoms with Crippen LogP contribution in [0.4, 0.5) is 26.8 Å². The number of rotatable bonds is 8. The molecule has 0 aliphatic rings. The van der Waals surface area contributed by atoms with E-state index in [4.69, 9.17) is 10.8 Å². The zero-order valence-corrected chi connectivity index (χ0v) is 18.9.